The molecule has 2 amide bonds. The third-order valence-corrected chi connectivity index (χ3v) is 4.25. The highest BCUT2D eigenvalue weighted by Crippen LogP contribution is 2.12. The van der Waals surface area contributed by atoms with Crippen molar-refractivity contribution in [2.45, 2.75) is 85.6 Å². The largest absolute Gasteiger partial charge is 0.459 e. The zero-order valence-electron chi connectivity index (χ0n) is 19.9. The van der Waals surface area contributed by atoms with Gasteiger partial charge in [-0.15, -0.1) is 0 Å². The van der Waals surface area contributed by atoms with Crippen LogP contribution in [0.4, 0.5) is 4.79 Å². The number of alkyl carbamates (subject to hydrolysis) is 1. The predicted octanol–water partition coefficient (Wildman–Crippen LogP) is 4.20. The Morgan fingerprint density at radius 2 is 1.42 bits per heavy atom. The molecule has 2 N–H and O–H groups in total. The number of nitrogens with one attached hydrogen (secondary N) is 2. The number of hydrogen-bond donors (Lipinski definition) is 2. The van der Waals surface area contributed by atoms with Crippen molar-refractivity contribution in [1.29, 1.82) is 0 Å². The predicted molar refractivity (Wildman–Crippen MR) is 120 cm³/mol. The first-order chi connectivity index (χ1) is 14.4. The molecular formula is C24H38N2O5. The summed E-state index contributed by atoms with van der Waals surface area (Å²) in [7, 11) is 0. The van der Waals surface area contributed by atoms with Crippen molar-refractivity contribution in [2.24, 2.45) is 11.8 Å². The second-order valence-corrected chi connectivity index (χ2v) is 9.61. The topological polar surface area (TPSA) is 93.7 Å². The number of esters is 1. The van der Waals surface area contributed by atoms with Crippen LogP contribution in [-0.2, 0) is 25.7 Å². The molecule has 0 spiro atoms. The molecule has 1 rings (SSSR count). The molecule has 0 unspecified atom stereocenters. The summed E-state index contributed by atoms with van der Waals surface area (Å²) in [5.74, 6) is -0.607. The molecule has 0 fully saturated rings. The molecular weight excluding hydrogens is 396 g/mol. The molecule has 2 atom stereocenters. The standard InChI is InChI=1S/C24H38N2O5/c1-16(2)13-19(26-23(29)31-24(5,6)7)21(27)25-20(14-17(3)4)22(28)30-15-18-11-9-8-10-12-18/h8-12,16-17,19-20H,13-15H2,1-7H3,(H,25,27)(H,26,29)/t19-,20+/m1/s1. The molecule has 0 saturated carbocycles. The number of hydrogen-bond acceptors (Lipinski definition) is 5. The lowest BCUT2D eigenvalue weighted by molar-refractivity contribution is -0.149. The van der Waals surface area contributed by atoms with Gasteiger partial charge in [-0.05, 0) is 51.0 Å². The van der Waals surface area contributed by atoms with E-state index in [1.807, 2.05) is 58.0 Å². The fourth-order valence-electron chi connectivity index (χ4n) is 2.94. The number of amides is 2. The van der Waals surface area contributed by atoms with E-state index in [2.05, 4.69) is 10.6 Å². The molecule has 0 aliphatic rings. The zero-order valence-corrected chi connectivity index (χ0v) is 19.9. The lowest BCUT2D eigenvalue weighted by atomic mass is 10.0. The summed E-state index contributed by atoms with van der Waals surface area (Å²) in [5.41, 5.74) is 0.194. The van der Waals surface area contributed by atoms with Gasteiger partial charge >= 0.3 is 12.1 Å². The summed E-state index contributed by atoms with van der Waals surface area (Å²) in [6.07, 6.45) is 0.180. The Morgan fingerprint density at radius 3 is 1.94 bits per heavy atom. The normalized spacial score (nSPS) is 13.5. The molecule has 0 bridgehead atoms. The van der Waals surface area contributed by atoms with E-state index in [0.29, 0.717) is 12.8 Å². The van der Waals surface area contributed by atoms with Gasteiger partial charge in [0, 0.05) is 0 Å². The minimum Gasteiger partial charge on any atom is -0.459 e. The van der Waals surface area contributed by atoms with Gasteiger partial charge in [0.05, 0.1) is 0 Å². The first kappa shape index (κ1) is 26.5. The number of carbonyl (C=O) groups is 3. The van der Waals surface area contributed by atoms with Crippen LogP contribution in [-0.4, -0.2) is 35.7 Å². The van der Waals surface area contributed by atoms with Crippen LogP contribution in [0.2, 0.25) is 0 Å². The van der Waals surface area contributed by atoms with Crippen molar-refractivity contribution >= 4 is 18.0 Å². The van der Waals surface area contributed by atoms with E-state index in [-0.39, 0.29) is 18.4 Å². The Bertz CT molecular complexity index is 710. The van der Waals surface area contributed by atoms with Crippen LogP contribution in [0.1, 0.15) is 66.9 Å². The third-order valence-electron chi connectivity index (χ3n) is 4.25. The van der Waals surface area contributed by atoms with Crippen molar-refractivity contribution in [3.05, 3.63) is 35.9 Å². The van der Waals surface area contributed by atoms with Crippen LogP contribution in [0.3, 0.4) is 0 Å². The van der Waals surface area contributed by atoms with Crippen LogP contribution in [0.15, 0.2) is 30.3 Å². The molecule has 7 nitrogen and oxygen atoms in total. The lowest BCUT2D eigenvalue weighted by Gasteiger charge is -2.26. The van der Waals surface area contributed by atoms with Crippen molar-refractivity contribution < 1.29 is 23.9 Å². The van der Waals surface area contributed by atoms with Crippen LogP contribution in [0.25, 0.3) is 0 Å². The average molecular weight is 435 g/mol. The second-order valence-electron chi connectivity index (χ2n) is 9.61. The number of ether oxygens (including phenoxy) is 2. The molecule has 0 aliphatic carbocycles. The molecule has 0 saturated heterocycles. The van der Waals surface area contributed by atoms with Gasteiger partial charge in [-0.2, -0.15) is 0 Å². The summed E-state index contributed by atoms with van der Waals surface area (Å²) in [5, 5.41) is 5.41. The van der Waals surface area contributed by atoms with E-state index >= 15 is 0 Å². The maximum absolute atomic E-state index is 13.0. The van der Waals surface area contributed by atoms with Crippen molar-refractivity contribution in [1.82, 2.24) is 10.6 Å². The second kappa shape index (κ2) is 12.3. The Labute approximate surface area is 186 Å². The monoisotopic (exact) mass is 434 g/mol. The molecule has 1 aromatic carbocycles. The van der Waals surface area contributed by atoms with Crippen molar-refractivity contribution in [3.63, 3.8) is 0 Å². The van der Waals surface area contributed by atoms with Crippen molar-refractivity contribution in [2.75, 3.05) is 0 Å². The maximum atomic E-state index is 13.0. The van der Waals surface area contributed by atoms with Gasteiger partial charge in [0.15, 0.2) is 0 Å². The van der Waals surface area contributed by atoms with Gasteiger partial charge in [-0.25, -0.2) is 9.59 Å². The van der Waals surface area contributed by atoms with E-state index in [1.54, 1.807) is 20.8 Å². The van der Waals surface area contributed by atoms with Crippen LogP contribution >= 0.6 is 0 Å². The fraction of sp³-hybridized carbons (Fsp3) is 0.625. The van der Waals surface area contributed by atoms with Gasteiger partial charge in [-0.3, -0.25) is 4.79 Å². The van der Waals surface area contributed by atoms with Crippen LogP contribution in [0.5, 0.6) is 0 Å². The molecule has 0 heterocycles. The summed E-state index contributed by atoms with van der Waals surface area (Å²) < 4.78 is 10.7. The molecule has 174 valence electrons. The average Bonchev–Trinajstić information content (AvgIpc) is 2.63. The Kier molecular flexibility index (Phi) is 10.5. The number of carbonyl (C=O) groups excluding carboxylic acids is 3. The summed E-state index contributed by atoms with van der Waals surface area (Å²) in [4.78, 5) is 37.9. The third kappa shape index (κ3) is 11.4. The van der Waals surface area contributed by atoms with Gasteiger partial charge in [0.1, 0.15) is 24.3 Å². The van der Waals surface area contributed by atoms with Crippen LogP contribution < -0.4 is 10.6 Å². The number of rotatable bonds is 10. The smallest absolute Gasteiger partial charge is 0.408 e. The Morgan fingerprint density at radius 1 is 0.871 bits per heavy atom. The highest BCUT2D eigenvalue weighted by Gasteiger charge is 2.30. The van der Waals surface area contributed by atoms with E-state index in [9.17, 15) is 14.4 Å². The van der Waals surface area contributed by atoms with Gasteiger partial charge in [0.2, 0.25) is 5.91 Å². The van der Waals surface area contributed by atoms with E-state index in [1.165, 1.54) is 0 Å². The van der Waals surface area contributed by atoms with Crippen molar-refractivity contribution in [3.8, 4) is 0 Å². The molecule has 7 heteroatoms. The highest BCUT2D eigenvalue weighted by molar-refractivity contribution is 5.89. The summed E-state index contributed by atoms with van der Waals surface area (Å²) in [6, 6.07) is 7.75. The highest BCUT2D eigenvalue weighted by atomic mass is 16.6. The lowest BCUT2D eigenvalue weighted by Crippen LogP contribution is -2.53. The van der Waals surface area contributed by atoms with Gasteiger partial charge in [0.25, 0.3) is 0 Å². The van der Waals surface area contributed by atoms with E-state index in [4.69, 9.17) is 9.47 Å². The van der Waals surface area contributed by atoms with Gasteiger partial charge < -0.3 is 20.1 Å². The van der Waals surface area contributed by atoms with E-state index < -0.39 is 35.7 Å². The maximum Gasteiger partial charge on any atom is 0.408 e. The molecule has 1 aromatic rings. The first-order valence-corrected chi connectivity index (χ1v) is 10.9. The summed E-state index contributed by atoms with van der Waals surface area (Å²) >= 11 is 0. The number of benzene rings is 1. The minimum atomic E-state index is -0.813. The van der Waals surface area contributed by atoms with Crippen LogP contribution in [0, 0.1) is 11.8 Å². The van der Waals surface area contributed by atoms with Gasteiger partial charge in [-0.1, -0.05) is 58.0 Å². The fourth-order valence-corrected chi connectivity index (χ4v) is 2.94. The molecule has 0 aliphatic heterocycles. The first-order valence-electron chi connectivity index (χ1n) is 10.9. The summed E-state index contributed by atoms with van der Waals surface area (Å²) in [6.45, 7) is 13.2. The molecule has 0 aromatic heterocycles. The Hall–Kier alpha value is -2.57. The van der Waals surface area contributed by atoms with E-state index in [0.717, 1.165) is 5.56 Å². The zero-order chi connectivity index (χ0) is 23.6. The Balaban J connectivity index is 2.83. The SMILES string of the molecule is CC(C)C[C@H](NC(=O)[C@@H](CC(C)C)NC(=O)OC(C)(C)C)C(=O)OCc1ccccc1. The molecule has 31 heavy (non-hydrogen) atoms. The minimum absolute atomic E-state index is 0.135. The quantitative estimate of drug-likeness (QED) is 0.538. The molecule has 0 radical (unpaired) electrons.